The van der Waals surface area contributed by atoms with Crippen LogP contribution in [0.1, 0.15) is 108 Å². The molecule has 0 amide bonds. The van der Waals surface area contributed by atoms with E-state index in [0.29, 0.717) is 19.2 Å². The monoisotopic (exact) mass is 790 g/mol. The Morgan fingerprint density at radius 1 is 0.522 bits per heavy atom. The van der Waals surface area contributed by atoms with Crippen LogP contribution in [0.25, 0.3) is 34.4 Å². The number of benzene rings is 4. The van der Waals surface area contributed by atoms with Crippen molar-refractivity contribution >= 4 is 17.6 Å². The molecule has 0 aliphatic heterocycles. The molecule has 2 aliphatic rings. The Labute approximate surface area is 280 Å². The van der Waals surface area contributed by atoms with Crippen LogP contribution < -0.4 is 0 Å². The fourth-order valence-electron chi connectivity index (χ4n) is 9.90. The molecule has 0 nitrogen and oxygen atoms in total. The van der Waals surface area contributed by atoms with Crippen LogP contribution in [0.3, 0.4) is 0 Å². The minimum absolute atomic E-state index is 0.521. The maximum absolute atomic E-state index is 3.99. The van der Waals surface area contributed by atoms with Crippen LogP contribution in [0, 0.1) is 0 Å². The van der Waals surface area contributed by atoms with Crippen molar-refractivity contribution < 1.29 is 17.1 Å². The molecule has 0 bridgehead atoms. The summed E-state index contributed by atoms with van der Waals surface area (Å²) in [7, 11) is 0. The molecule has 0 fully saturated rings. The van der Waals surface area contributed by atoms with E-state index in [1.54, 1.807) is 11.1 Å². The Hall–Kier alpha value is -2.55. The third-order valence-electron chi connectivity index (χ3n) is 11.7. The molecule has 0 saturated heterocycles. The summed E-state index contributed by atoms with van der Waals surface area (Å²) in [4.78, 5) is 0. The molecule has 0 N–H and O–H groups in total. The number of allylic oxidation sites excluding steroid dienone is 2. The molecule has 46 heavy (non-hydrogen) atoms. The normalized spacial score (nSPS) is 17.5. The van der Waals surface area contributed by atoms with Crippen LogP contribution in [0.4, 0.5) is 0 Å². The van der Waals surface area contributed by atoms with Gasteiger partial charge in [0.15, 0.2) is 0 Å². The van der Waals surface area contributed by atoms with E-state index < -0.39 is 22.6 Å². The number of fused-ring (bicyclic) bond motifs is 2. The van der Waals surface area contributed by atoms with Crippen molar-refractivity contribution in [3.8, 4) is 22.3 Å². The van der Waals surface area contributed by atoms with Gasteiger partial charge in [-0.1, -0.05) is 0 Å². The first-order chi connectivity index (χ1) is 21.8. The van der Waals surface area contributed by atoms with Crippen LogP contribution in [-0.2, 0) is 17.1 Å². The van der Waals surface area contributed by atoms with Crippen molar-refractivity contribution in [3.05, 3.63) is 130 Å². The fourth-order valence-corrected chi connectivity index (χ4v) is 81.7. The van der Waals surface area contributed by atoms with Crippen molar-refractivity contribution in [1.29, 1.82) is 0 Å². The van der Waals surface area contributed by atoms with Crippen molar-refractivity contribution in [2.45, 2.75) is 95.0 Å². The van der Waals surface area contributed by atoms with Gasteiger partial charge in [-0.05, 0) is 0 Å². The van der Waals surface area contributed by atoms with E-state index >= 15 is 0 Å². The molecule has 0 spiro atoms. The van der Waals surface area contributed by atoms with E-state index in [4.69, 9.17) is 0 Å². The molecule has 0 aromatic heterocycles. The van der Waals surface area contributed by atoms with Crippen LogP contribution >= 0.6 is 0 Å². The molecule has 238 valence electrons. The quantitative estimate of drug-likeness (QED) is 0.156. The molecular weight excluding hydrogens is 735 g/mol. The van der Waals surface area contributed by atoms with E-state index in [1.807, 2.05) is 0 Å². The summed E-state index contributed by atoms with van der Waals surface area (Å²) in [5.41, 5.74) is 15.2. The second-order valence-electron chi connectivity index (χ2n) is 16.2. The topological polar surface area (TPSA) is 0 Å². The Kier molecular flexibility index (Phi) is 9.05. The Balaban J connectivity index is 1.57. The minimum atomic E-state index is -3.99. The van der Waals surface area contributed by atoms with E-state index in [-0.39, 0.29) is 0 Å². The van der Waals surface area contributed by atoms with Crippen molar-refractivity contribution in [3.63, 3.8) is 0 Å². The first-order valence-electron chi connectivity index (χ1n) is 17.7. The molecule has 2 heteroatoms. The van der Waals surface area contributed by atoms with Crippen molar-refractivity contribution in [2.75, 3.05) is 0 Å². The van der Waals surface area contributed by atoms with Gasteiger partial charge in [0.2, 0.25) is 0 Å². The van der Waals surface area contributed by atoms with Crippen LogP contribution in [0.15, 0.2) is 97.1 Å². The predicted molar refractivity (Wildman–Crippen MR) is 203 cm³/mol. The average molecular weight is 789 g/mol. The summed E-state index contributed by atoms with van der Waals surface area (Å²) in [6.07, 6.45) is 10.4. The molecule has 0 radical (unpaired) electrons. The summed E-state index contributed by atoms with van der Waals surface area (Å²) in [6, 6.07) is 32.9. The van der Waals surface area contributed by atoms with Gasteiger partial charge in [-0.3, -0.25) is 0 Å². The first-order valence-corrected chi connectivity index (χ1v) is 36.1. The van der Waals surface area contributed by atoms with Gasteiger partial charge in [-0.2, -0.15) is 0 Å². The molecule has 0 heterocycles. The average Bonchev–Trinajstić information content (AvgIpc) is 3.67. The molecule has 4 aromatic rings. The molecular formula is C44H54HfSi. The van der Waals surface area contributed by atoms with Crippen LogP contribution in [0.2, 0.25) is 20.4 Å². The van der Waals surface area contributed by atoms with Crippen molar-refractivity contribution in [1.82, 2.24) is 0 Å². The van der Waals surface area contributed by atoms with Gasteiger partial charge < -0.3 is 0 Å². The SMILES string of the molecule is CC(C)c1cccc(-c2cccc3c2C=C[CH]3[Hf]([CH3])([CH3])([CH]2C=Cc3c(-c4cccc(C(C)C)c4)cccc32)=[Si](C(C)C)C(C)C)c1. The van der Waals surface area contributed by atoms with Gasteiger partial charge in [0, 0.05) is 0 Å². The first kappa shape index (κ1) is 33.4. The summed E-state index contributed by atoms with van der Waals surface area (Å²) in [6.45, 7) is 19.4. The van der Waals surface area contributed by atoms with Crippen LogP contribution in [-0.4, -0.2) is 5.49 Å². The zero-order valence-corrected chi connectivity index (χ0v) is 34.4. The standard InChI is InChI=1S/2C18H17.C6H14Si.2CH3.Hf/c2*1-13(2)15-8-3-9-16(12-15)18-11-5-7-14-6-4-10-17(14)18;1-5(2)7-6(3)4;;;/h2*3-13H,1-2H3;5-6H,1-4H3;2*1H3;. The van der Waals surface area contributed by atoms with E-state index in [1.165, 1.54) is 44.5 Å². The summed E-state index contributed by atoms with van der Waals surface area (Å²) >= 11 is -3.99. The number of hydrogen-bond acceptors (Lipinski definition) is 0. The van der Waals surface area contributed by atoms with Crippen molar-refractivity contribution in [2.24, 2.45) is 0 Å². The summed E-state index contributed by atoms with van der Waals surface area (Å²) in [5.74, 6) is 1.04. The molecule has 2 atom stereocenters. The molecule has 0 saturated carbocycles. The maximum atomic E-state index is 2.90. The predicted octanol–water partition coefficient (Wildman–Crippen LogP) is 13.7. The van der Waals surface area contributed by atoms with Gasteiger partial charge >= 0.3 is 283 Å². The Morgan fingerprint density at radius 2 is 0.913 bits per heavy atom. The zero-order chi connectivity index (χ0) is 33.0. The molecule has 4 aromatic carbocycles. The van der Waals surface area contributed by atoms with E-state index in [2.05, 4.69) is 174 Å². The van der Waals surface area contributed by atoms with Gasteiger partial charge in [-0.25, -0.2) is 0 Å². The van der Waals surface area contributed by atoms with Gasteiger partial charge in [-0.15, -0.1) is 0 Å². The van der Waals surface area contributed by atoms with Gasteiger partial charge in [0.25, 0.3) is 0 Å². The van der Waals surface area contributed by atoms with E-state index in [9.17, 15) is 0 Å². The Morgan fingerprint density at radius 3 is 1.28 bits per heavy atom. The summed E-state index contributed by atoms with van der Waals surface area (Å²) in [5, 5.41) is 0. The van der Waals surface area contributed by atoms with Gasteiger partial charge in [0.05, 0.1) is 0 Å². The third kappa shape index (κ3) is 5.46. The number of hydrogen-bond donors (Lipinski definition) is 0. The van der Waals surface area contributed by atoms with Gasteiger partial charge in [0.1, 0.15) is 0 Å². The Bertz CT molecular complexity index is 1790. The number of rotatable bonds is 8. The third-order valence-corrected chi connectivity index (χ3v) is 70.5. The molecule has 2 unspecified atom stereocenters. The summed E-state index contributed by atoms with van der Waals surface area (Å²) < 4.78 is 6.87. The molecule has 2 aliphatic carbocycles. The second-order valence-corrected chi connectivity index (χ2v) is 61.8. The molecule has 6 rings (SSSR count). The fraction of sp³-hybridized carbons (Fsp3) is 0.364. The van der Waals surface area contributed by atoms with Crippen LogP contribution in [0.5, 0.6) is 0 Å². The second kappa shape index (κ2) is 12.5. The zero-order valence-electron chi connectivity index (χ0n) is 29.9. The van der Waals surface area contributed by atoms with E-state index in [0.717, 1.165) is 11.1 Å².